The van der Waals surface area contributed by atoms with Gasteiger partial charge in [0.05, 0.1) is 0 Å². The highest BCUT2D eigenvalue weighted by molar-refractivity contribution is 5.47. The van der Waals surface area contributed by atoms with Crippen LogP contribution in [-0.2, 0) is 4.74 Å². The molecule has 0 aromatic carbocycles. The van der Waals surface area contributed by atoms with Crippen LogP contribution in [0.2, 0.25) is 0 Å². The Kier molecular flexibility index (Phi) is 6.89. The predicted molar refractivity (Wildman–Crippen MR) is 89.0 cm³/mol. The van der Waals surface area contributed by atoms with Gasteiger partial charge in [-0.25, -0.2) is 9.97 Å². The van der Waals surface area contributed by atoms with Gasteiger partial charge in [0, 0.05) is 38.8 Å². The van der Waals surface area contributed by atoms with Crippen LogP contribution in [-0.4, -0.2) is 36.8 Å². The van der Waals surface area contributed by atoms with Crippen LogP contribution in [0.3, 0.4) is 0 Å². The lowest BCUT2D eigenvalue weighted by atomic mass is 9.90. The number of nitrogens with zero attached hydrogens (tertiary/aromatic N) is 2. The van der Waals surface area contributed by atoms with Crippen molar-refractivity contribution in [2.75, 3.05) is 37.4 Å². The molecule has 2 N–H and O–H groups in total. The zero-order valence-corrected chi connectivity index (χ0v) is 14.3. The monoisotopic (exact) mass is 294 g/mol. The van der Waals surface area contributed by atoms with Crippen LogP contribution < -0.4 is 10.6 Å². The molecule has 5 nitrogen and oxygen atoms in total. The van der Waals surface area contributed by atoms with Crippen molar-refractivity contribution in [3.05, 3.63) is 11.9 Å². The van der Waals surface area contributed by atoms with E-state index in [1.54, 1.807) is 7.11 Å². The van der Waals surface area contributed by atoms with Gasteiger partial charge in [0.15, 0.2) is 0 Å². The fourth-order valence-electron chi connectivity index (χ4n) is 1.88. The quantitative estimate of drug-likeness (QED) is 0.730. The van der Waals surface area contributed by atoms with Crippen molar-refractivity contribution in [1.82, 2.24) is 9.97 Å². The van der Waals surface area contributed by atoms with Crippen LogP contribution in [0.15, 0.2) is 6.07 Å². The van der Waals surface area contributed by atoms with E-state index < -0.39 is 0 Å². The van der Waals surface area contributed by atoms with Crippen molar-refractivity contribution in [2.24, 2.45) is 5.41 Å². The Labute approximate surface area is 128 Å². The van der Waals surface area contributed by atoms with E-state index in [9.17, 15) is 0 Å². The molecule has 0 atom stereocenters. The fourth-order valence-corrected chi connectivity index (χ4v) is 1.88. The molecule has 21 heavy (non-hydrogen) atoms. The zero-order valence-electron chi connectivity index (χ0n) is 14.3. The smallest absolute Gasteiger partial charge is 0.135 e. The first-order valence-electron chi connectivity index (χ1n) is 7.73. The van der Waals surface area contributed by atoms with Crippen LogP contribution in [0.1, 0.15) is 52.8 Å². The number of nitrogens with one attached hydrogen (secondary N) is 2. The van der Waals surface area contributed by atoms with E-state index in [1.165, 1.54) is 0 Å². The molecule has 120 valence electrons. The second-order valence-electron chi connectivity index (χ2n) is 6.44. The van der Waals surface area contributed by atoms with E-state index in [1.807, 2.05) is 6.07 Å². The summed E-state index contributed by atoms with van der Waals surface area (Å²) in [5.74, 6) is 2.94. The molecule has 0 aliphatic carbocycles. The van der Waals surface area contributed by atoms with Crippen LogP contribution in [0.5, 0.6) is 0 Å². The highest BCUT2D eigenvalue weighted by atomic mass is 16.5. The van der Waals surface area contributed by atoms with Crippen LogP contribution >= 0.6 is 0 Å². The number of anilines is 2. The van der Waals surface area contributed by atoms with Crippen LogP contribution in [0.4, 0.5) is 11.6 Å². The minimum atomic E-state index is 0.164. The maximum atomic E-state index is 5.17. The van der Waals surface area contributed by atoms with E-state index in [0.29, 0.717) is 5.92 Å². The summed E-state index contributed by atoms with van der Waals surface area (Å²) in [6.45, 7) is 13.2. The lowest BCUT2D eigenvalue weighted by Gasteiger charge is -2.25. The number of aromatic nitrogens is 2. The lowest BCUT2D eigenvalue weighted by Crippen LogP contribution is -2.25. The van der Waals surface area contributed by atoms with Gasteiger partial charge >= 0.3 is 0 Å². The Balaban J connectivity index is 2.77. The lowest BCUT2D eigenvalue weighted by molar-refractivity contribution is 0.157. The van der Waals surface area contributed by atoms with Crippen molar-refractivity contribution in [3.8, 4) is 0 Å². The first-order valence-corrected chi connectivity index (χ1v) is 7.73. The van der Waals surface area contributed by atoms with Gasteiger partial charge in [0.1, 0.15) is 17.5 Å². The summed E-state index contributed by atoms with van der Waals surface area (Å²) in [5.41, 5.74) is 0.164. The summed E-state index contributed by atoms with van der Waals surface area (Å²) < 4.78 is 5.17. The van der Waals surface area contributed by atoms with E-state index in [2.05, 4.69) is 55.2 Å². The molecular formula is C16H30N4O. The third-order valence-electron chi connectivity index (χ3n) is 3.35. The molecule has 5 heteroatoms. The highest BCUT2D eigenvalue weighted by Gasteiger charge is 2.18. The molecular weight excluding hydrogens is 264 g/mol. The van der Waals surface area contributed by atoms with Gasteiger partial charge in [-0.3, -0.25) is 0 Å². The normalized spacial score (nSPS) is 11.8. The molecule has 0 unspecified atom stereocenters. The van der Waals surface area contributed by atoms with Crippen molar-refractivity contribution < 1.29 is 4.74 Å². The molecule has 0 saturated heterocycles. The SMILES string of the molecule is CCNc1cc(NCC(C)(C)CCOC)nc(C(C)C)n1. The van der Waals surface area contributed by atoms with Gasteiger partial charge in [-0.1, -0.05) is 27.7 Å². The van der Waals surface area contributed by atoms with Crippen LogP contribution in [0, 0.1) is 5.41 Å². The molecule has 0 radical (unpaired) electrons. The van der Waals surface area contributed by atoms with Gasteiger partial charge in [-0.2, -0.15) is 0 Å². The Morgan fingerprint density at radius 2 is 1.81 bits per heavy atom. The Morgan fingerprint density at radius 3 is 2.33 bits per heavy atom. The molecule has 0 amide bonds. The number of rotatable bonds is 9. The summed E-state index contributed by atoms with van der Waals surface area (Å²) in [6.07, 6.45) is 1.01. The maximum absolute atomic E-state index is 5.17. The Morgan fingerprint density at radius 1 is 1.19 bits per heavy atom. The molecule has 0 saturated carbocycles. The maximum Gasteiger partial charge on any atom is 0.135 e. The summed E-state index contributed by atoms with van der Waals surface area (Å²) in [4.78, 5) is 9.14. The standard InChI is InChI=1S/C16H30N4O/c1-7-17-13-10-14(20-15(19-13)12(2)3)18-11-16(4,5)8-9-21-6/h10,12H,7-9,11H2,1-6H3,(H2,17,18,19,20). The molecule has 0 spiro atoms. The van der Waals surface area contributed by atoms with Gasteiger partial charge in [0.25, 0.3) is 0 Å². The third-order valence-corrected chi connectivity index (χ3v) is 3.35. The van der Waals surface area contributed by atoms with Crippen molar-refractivity contribution in [2.45, 2.75) is 47.0 Å². The van der Waals surface area contributed by atoms with Gasteiger partial charge in [-0.05, 0) is 18.8 Å². The van der Waals surface area contributed by atoms with Crippen LogP contribution in [0.25, 0.3) is 0 Å². The van der Waals surface area contributed by atoms with E-state index in [4.69, 9.17) is 4.74 Å². The summed E-state index contributed by atoms with van der Waals surface area (Å²) >= 11 is 0. The predicted octanol–water partition coefficient (Wildman–Crippen LogP) is 3.51. The van der Waals surface area contributed by atoms with Gasteiger partial charge in [0.2, 0.25) is 0 Å². The number of hydrogen-bond acceptors (Lipinski definition) is 5. The second kappa shape index (κ2) is 8.17. The van der Waals surface area contributed by atoms with Crippen molar-refractivity contribution >= 4 is 11.6 Å². The molecule has 0 aliphatic heterocycles. The Bertz CT molecular complexity index is 432. The van der Waals surface area contributed by atoms with E-state index in [-0.39, 0.29) is 5.41 Å². The highest BCUT2D eigenvalue weighted by Crippen LogP contribution is 2.22. The molecule has 1 rings (SSSR count). The first kappa shape index (κ1) is 17.7. The molecule has 0 fully saturated rings. The zero-order chi connectivity index (χ0) is 15.9. The van der Waals surface area contributed by atoms with E-state index >= 15 is 0 Å². The Hall–Kier alpha value is -1.36. The average molecular weight is 294 g/mol. The average Bonchev–Trinajstić information content (AvgIpc) is 2.43. The third kappa shape index (κ3) is 6.29. The molecule has 1 heterocycles. The summed E-state index contributed by atoms with van der Waals surface area (Å²) in [7, 11) is 1.74. The molecule has 1 aromatic rings. The largest absolute Gasteiger partial charge is 0.385 e. The summed E-state index contributed by atoms with van der Waals surface area (Å²) in [6, 6.07) is 1.97. The van der Waals surface area contributed by atoms with Crippen molar-refractivity contribution in [3.63, 3.8) is 0 Å². The molecule has 0 aliphatic rings. The topological polar surface area (TPSA) is 59.1 Å². The van der Waals surface area contributed by atoms with Gasteiger partial charge in [-0.15, -0.1) is 0 Å². The molecule has 0 bridgehead atoms. The fraction of sp³-hybridized carbons (Fsp3) is 0.750. The minimum Gasteiger partial charge on any atom is -0.385 e. The number of hydrogen-bond donors (Lipinski definition) is 2. The summed E-state index contributed by atoms with van der Waals surface area (Å²) in [5, 5.41) is 6.70. The number of methoxy groups -OCH3 is 1. The van der Waals surface area contributed by atoms with Gasteiger partial charge < -0.3 is 15.4 Å². The van der Waals surface area contributed by atoms with E-state index in [0.717, 1.165) is 43.6 Å². The minimum absolute atomic E-state index is 0.164. The van der Waals surface area contributed by atoms with Crippen molar-refractivity contribution in [1.29, 1.82) is 0 Å². The second-order valence-corrected chi connectivity index (χ2v) is 6.44. The first-order chi connectivity index (χ1) is 9.88. The molecule has 1 aromatic heterocycles. The number of ether oxygens (including phenoxy) is 1.